The van der Waals surface area contributed by atoms with Crippen LogP contribution < -0.4 is 0 Å². The first-order valence-corrected chi connectivity index (χ1v) is 15.7. The van der Waals surface area contributed by atoms with Crippen molar-refractivity contribution in [2.75, 3.05) is 13.2 Å². The van der Waals surface area contributed by atoms with Crippen LogP contribution in [0.4, 0.5) is 0 Å². The zero-order valence-electron chi connectivity index (χ0n) is 25.2. The normalized spacial score (nSPS) is 34.0. The van der Waals surface area contributed by atoms with Crippen LogP contribution in [0.5, 0.6) is 0 Å². The van der Waals surface area contributed by atoms with Crippen LogP contribution >= 0.6 is 0 Å². The van der Waals surface area contributed by atoms with Gasteiger partial charge in [0.25, 0.3) is 0 Å². The standard InChI is InChI=1S/C30H54O13/c1-2-3-4-11-14-19(33)15-12-9-7-5-6-8-10-13-16-22(34)42-28-24(36)21(18-32)41-30(27(28)39)43-29-26(38)25(37)23(35)20(17-31)40-29/h9,12,19-21,23-33,35-39H,2-8,10-11,13-18H2,1H3/t19-,20-,21-,23-,24-,25+,26-,27-,28+,29-,30-/m1/s1. The van der Waals surface area contributed by atoms with Gasteiger partial charge in [-0.1, -0.05) is 64.0 Å². The fraction of sp³-hybridized carbons (Fsp3) is 0.900. The summed E-state index contributed by atoms with van der Waals surface area (Å²) >= 11 is 0. The summed E-state index contributed by atoms with van der Waals surface area (Å²) in [6.45, 7) is 0.769. The Morgan fingerprint density at radius 1 is 0.744 bits per heavy atom. The van der Waals surface area contributed by atoms with Gasteiger partial charge in [-0.05, 0) is 32.1 Å². The number of esters is 1. The maximum absolute atomic E-state index is 12.5. The summed E-state index contributed by atoms with van der Waals surface area (Å²) in [5, 5.41) is 80.4. The van der Waals surface area contributed by atoms with Crippen LogP contribution in [-0.2, 0) is 23.7 Å². The molecule has 0 bridgehead atoms. The van der Waals surface area contributed by atoms with Gasteiger partial charge < -0.3 is 59.8 Å². The first-order chi connectivity index (χ1) is 20.6. The van der Waals surface area contributed by atoms with Crippen molar-refractivity contribution in [2.24, 2.45) is 0 Å². The zero-order chi connectivity index (χ0) is 31.8. The molecule has 2 aliphatic heterocycles. The molecule has 252 valence electrons. The zero-order valence-corrected chi connectivity index (χ0v) is 25.2. The summed E-state index contributed by atoms with van der Waals surface area (Å²) in [5.74, 6) is -0.663. The van der Waals surface area contributed by atoms with Crippen LogP contribution in [0.15, 0.2) is 12.2 Å². The number of carbonyl (C=O) groups excluding carboxylic acids is 1. The number of hydrogen-bond acceptors (Lipinski definition) is 13. The molecule has 2 aliphatic rings. The summed E-state index contributed by atoms with van der Waals surface area (Å²) in [6.07, 6.45) is -0.567. The molecule has 13 nitrogen and oxygen atoms in total. The molecule has 0 unspecified atom stereocenters. The van der Waals surface area contributed by atoms with Crippen molar-refractivity contribution in [2.45, 2.75) is 158 Å². The van der Waals surface area contributed by atoms with Crippen LogP contribution in [0, 0.1) is 0 Å². The van der Waals surface area contributed by atoms with E-state index < -0.39 is 80.6 Å². The van der Waals surface area contributed by atoms with Crippen molar-refractivity contribution >= 4 is 5.97 Å². The third kappa shape index (κ3) is 12.6. The van der Waals surface area contributed by atoms with E-state index in [1.807, 2.05) is 6.08 Å². The Kier molecular flexibility index (Phi) is 18.3. The highest BCUT2D eigenvalue weighted by Gasteiger charge is 2.51. The van der Waals surface area contributed by atoms with Gasteiger partial charge in [0.05, 0.1) is 19.3 Å². The number of carbonyl (C=O) groups is 1. The minimum absolute atomic E-state index is 0.0505. The number of ether oxygens (including phenoxy) is 4. The van der Waals surface area contributed by atoms with E-state index in [1.54, 1.807) is 0 Å². The van der Waals surface area contributed by atoms with Gasteiger partial charge in [-0.2, -0.15) is 0 Å². The van der Waals surface area contributed by atoms with E-state index in [4.69, 9.17) is 18.9 Å². The molecule has 2 heterocycles. The maximum Gasteiger partial charge on any atom is 0.306 e. The number of allylic oxidation sites excluding steroid dienone is 1. The van der Waals surface area contributed by atoms with Crippen molar-refractivity contribution in [1.29, 1.82) is 0 Å². The lowest BCUT2D eigenvalue weighted by molar-refractivity contribution is -0.376. The average molecular weight is 623 g/mol. The van der Waals surface area contributed by atoms with Gasteiger partial charge in [-0.15, -0.1) is 0 Å². The molecule has 8 N–H and O–H groups in total. The van der Waals surface area contributed by atoms with Crippen molar-refractivity contribution < 1.29 is 64.6 Å². The van der Waals surface area contributed by atoms with Crippen LogP contribution in [0.2, 0.25) is 0 Å². The second-order valence-electron chi connectivity index (χ2n) is 11.5. The topological polar surface area (TPSA) is 216 Å². The van der Waals surface area contributed by atoms with E-state index in [9.17, 15) is 45.6 Å². The largest absolute Gasteiger partial charge is 0.456 e. The SMILES string of the molecule is CCCCCC[C@@H](O)CC=CCCCCCCCC(=O)O[C@@H]1[C@@H](O)[C@@H](O[C@H]2O[C@H](CO)[C@@H](O)[C@H](O)[C@H]2O)O[C@H](CO)[C@H]1O. The second-order valence-corrected chi connectivity index (χ2v) is 11.5. The Morgan fingerprint density at radius 3 is 2.02 bits per heavy atom. The van der Waals surface area contributed by atoms with Crippen LogP contribution in [-0.4, -0.2) is 128 Å². The number of aliphatic hydroxyl groups is 8. The lowest BCUT2D eigenvalue weighted by Gasteiger charge is -2.45. The molecule has 0 spiro atoms. The molecular weight excluding hydrogens is 568 g/mol. The molecule has 43 heavy (non-hydrogen) atoms. The van der Waals surface area contributed by atoms with Gasteiger partial charge in [-0.3, -0.25) is 4.79 Å². The quantitative estimate of drug-likeness (QED) is 0.0517. The van der Waals surface area contributed by atoms with Gasteiger partial charge in [0.2, 0.25) is 0 Å². The fourth-order valence-corrected chi connectivity index (χ4v) is 5.19. The Balaban J connectivity index is 1.70. The molecule has 0 aromatic carbocycles. The van der Waals surface area contributed by atoms with Gasteiger partial charge >= 0.3 is 5.97 Å². The Bertz CT molecular complexity index is 781. The van der Waals surface area contributed by atoms with E-state index >= 15 is 0 Å². The van der Waals surface area contributed by atoms with Crippen LogP contribution in [0.3, 0.4) is 0 Å². The molecule has 0 amide bonds. The minimum Gasteiger partial charge on any atom is -0.456 e. The summed E-state index contributed by atoms with van der Waals surface area (Å²) < 4.78 is 21.4. The predicted molar refractivity (Wildman–Crippen MR) is 153 cm³/mol. The third-order valence-corrected chi connectivity index (χ3v) is 7.92. The second kappa shape index (κ2) is 20.7. The van der Waals surface area contributed by atoms with Crippen molar-refractivity contribution in [3.63, 3.8) is 0 Å². The van der Waals surface area contributed by atoms with E-state index in [-0.39, 0.29) is 12.5 Å². The molecular formula is C30H54O13. The molecule has 0 saturated carbocycles. The van der Waals surface area contributed by atoms with Crippen LogP contribution in [0.1, 0.15) is 90.4 Å². The monoisotopic (exact) mass is 622 g/mol. The van der Waals surface area contributed by atoms with E-state index in [2.05, 4.69) is 13.0 Å². The number of hydrogen-bond donors (Lipinski definition) is 8. The average Bonchev–Trinajstić information content (AvgIpc) is 2.99. The molecule has 13 heteroatoms. The van der Waals surface area contributed by atoms with Crippen molar-refractivity contribution in [1.82, 2.24) is 0 Å². The highest BCUT2D eigenvalue weighted by Crippen LogP contribution is 2.29. The summed E-state index contributed by atoms with van der Waals surface area (Å²) in [5.41, 5.74) is 0. The summed E-state index contributed by atoms with van der Waals surface area (Å²) in [7, 11) is 0. The molecule has 0 aromatic rings. The molecule has 11 atom stereocenters. The maximum atomic E-state index is 12.5. The molecule has 0 aliphatic carbocycles. The molecule has 2 saturated heterocycles. The van der Waals surface area contributed by atoms with Gasteiger partial charge in [0, 0.05) is 6.42 Å². The van der Waals surface area contributed by atoms with Crippen LogP contribution in [0.25, 0.3) is 0 Å². The molecule has 2 rings (SSSR count). The molecule has 0 aromatic heterocycles. The first kappa shape index (κ1) is 38.0. The van der Waals surface area contributed by atoms with E-state index in [0.29, 0.717) is 12.8 Å². The lowest BCUT2D eigenvalue weighted by Crippen LogP contribution is -2.64. The predicted octanol–water partition coefficient (Wildman–Crippen LogP) is 0.162. The highest BCUT2D eigenvalue weighted by molar-refractivity contribution is 5.69. The lowest BCUT2D eigenvalue weighted by atomic mass is 9.98. The van der Waals surface area contributed by atoms with Crippen molar-refractivity contribution in [3.8, 4) is 0 Å². The summed E-state index contributed by atoms with van der Waals surface area (Å²) in [6, 6.07) is 0. The molecule has 0 radical (unpaired) electrons. The van der Waals surface area contributed by atoms with E-state index in [0.717, 1.165) is 44.9 Å². The van der Waals surface area contributed by atoms with Crippen molar-refractivity contribution in [3.05, 3.63) is 12.2 Å². The van der Waals surface area contributed by atoms with Gasteiger partial charge in [0.15, 0.2) is 18.7 Å². The third-order valence-electron chi connectivity index (χ3n) is 7.92. The number of aliphatic hydroxyl groups excluding tert-OH is 8. The van der Waals surface area contributed by atoms with Gasteiger partial charge in [0.1, 0.15) is 42.7 Å². The number of unbranched alkanes of at least 4 members (excludes halogenated alkanes) is 8. The highest BCUT2D eigenvalue weighted by atomic mass is 16.8. The Hall–Kier alpha value is -1.23. The first-order valence-electron chi connectivity index (χ1n) is 15.7. The molecule has 2 fully saturated rings. The minimum atomic E-state index is -1.77. The number of rotatable bonds is 20. The Labute approximate surface area is 254 Å². The fourth-order valence-electron chi connectivity index (χ4n) is 5.19. The van der Waals surface area contributed by atoms with E-state index in [1.165, 1.54) is 19.3 Å². The summed E-state index contributed by atoms with van der Waals surface area (Å²) in [4.78, 5) is 12.5. The smallest absolute Gasteiger partial charge is 0.306 e. The Morgan fingerprint density at radius 2 is 1.35 bits per heavy atom. The van der Waals surface area contributed by atoms with Gasteiger partial charge in [-0.25, -0.2) is 0 Å².